The summed E-state index contributed by atoms with van der Waals surface area (Å²) in [7, 11) is 0. The van der Waals surface area contributed by atoms with E-state index in [0.717, 1.165) is 18.7 Å². The van der Waals surface area contributed by atoms with E-state index in [4.69, 9.17) is 4.42 Å². The van der Waals surface area contributed by atoms with Gasteiger partial charge in [-0.15, -0.1) is 0 Å². The lowest BCUT2D eigenvalue weighted by atomic mass is 10.1. The molecule has 2 heterocycles. The van der Waals surface area contributed by atoms with Crippen molar-refractivity contribution in [3.8, 4) is 0 Å². The number of amides is 1. The smallest absolute Gasteiger partial charge is 0.270 e. The van der Waals surface area contributed by atoms with E-state index in [1.165, 1.54) is 19.1 Å². The molecule has 0 aromatic carbocycles. The predicted molar refractivity (Wildman–Crippen MR) is 79.2 cm³/mol. The Labute approximate surface area is 128 Å². The highest BCUT2D eigenvalue weighted by Crippen LogP contribution is 2.31. The molecule has 22 heavy (non-hydrogen) atoms. The van der Waals surface area contributed by atoms with Crippen LogP contribution in [0.25, 0.3) is 0 Å². The molecule has 116 valence electrons. The van der Waals surface area contributed by atoms with Crippen molar-refractivity contribution in [3.63, 3.8) is 0 Å². The standard InChI is InChI=1S/C16H19N3O3/c20-10-13(14-6-3-9-22-14)19-16(21)12-7-8-17-15(18-12)11-4-1-2-5-11/h3,6-9,11,13,20H,1-2,4-5,10H2,(H,19,21). The Hall–Kier alpha value is -2.21. The molecule has 1 atom stereocenters. The molecule has 0 aliphatic heterocycles. The second-order valence-corrected chi connectivity index (χ2v) is 5.51. The maximum absolute atomic E-state index is 12.3. The quantitative estimate of drug-likeness (QED) is 0.883. The molecule has 0 radical (unpaired) electrons. The summed E-state index contributed by atoms with van der Waals surface area (Å²) < 4.78 is 5.22. The van der Waals surface area contributed by atoms with Crippen LogP contribution >= 0.6 is 0 Å². The van der Waals surface area contributed by atoms with Gasteiger partial charge in [0.15, 0.2) is 0 Å². The SMILES string of the molecule is O=C(NC(CO)c1ccco1)c1ccnc(C2CCCC2)n1. The zero-order chi connectivity index (χ0) is 15.4. The molecule has 1 unspecified atom stereocenters. The van der Waals surface area contributed by atoms with Crippen LogP contribution in [0.4, 0.5) is 0 Å². The highest BCUT2D eigenvalue weighted by Gasteiger charge is 2.22. The Morgan fingerprint density at radius 1 is 1.41 bits per heavy atom. The van der Waals surface area contributed by atoms with Crippen molar-refractivity contribution in [2.75, 3.05) is 6.61 Å². The molecule has 2 N–H and O–H groups in total. The third-order valence-corrected chi connectivity index (χ3v) is 4.00. The molecule has 0 spiro atoms. The minimum absolute atomic E-state index is 0.236. The molecule has 1 aliphatic carbocycles. The highest BCUT2D eigenvalue weighted by molar-refractivity contribution is 5.92. The molecule has 0 bridgehead atoms. The van der Waals surface area contributed by atoms with Gasteiger partial charge in [-0.25, -0.2) is 9.97 Å². The first-order chi connectivity index (χ1) is 10.8. The van der Waals surface area contributed by atoms with Gasteiger partial charge in [0.2, 0.25) is 0 Å². The van der Waals surface area contributed by atoms with Crippen LogP contribution in [-0.4, -0.2) is 27.6 Å². The van der Waals surface area contributed by atoms with Gasteiger partial charge in [-0.1, -0.05) is 12.8 Å². The molecule has 3 rings (SSSR count). The van der Waals surface area contributed by atoms with Crippen LogP contribution in [0.2, 0.25) is 0 Å². The molecular weight excluding hydrogens is 282 g/mol. The van der Waals surface area contributed by atoms with Crippen molar-refractivity contribution < 1.29 is 14.3 Å². The fourth-order valence-electron chi connectivity index (χ4n) is 2.81. The Bertz CT molecular complexity index is 621. The van der Waals surface area contributed by atoms with E-state index in [9.17, 15) is 9.90 Å². The summed E-state index contributed by atoms with van der Waals surface area (Å²) >= 11 is 0. The van der Waals surface area contributed by atoms with Gasteiger partial charge in [-0.2, -0.15) is 0 Å². The largest absolute Gasteiger partial charge is 0.467 e. The number of aliphatic hydroxyl groups excluding tert-OH is 1. The normalized spacial score (nSPS) is 16.6. The molecule has 2 aromatic rings. The average Bonchev–Trinajstić information content (AvgIpc) is 3.25. The molecule has 6 nitrogen and oxygen atoms in total. The second kappa shape index (κ2) is 6.70. The van der Waals surface area contributed by atoms with Crippen LogP contribution < -0.4 is 5.32 Å². The maximum Gasteiger partial charge on any atom is 0.270 e. The number of nitrogens with one attached hydrogen (secondary N) is 1. The number of carbonyl (C=O) groups is 1. The lowest BCUT2D eigenvalue weighted by Gasteiger charge is -2.14. The minimum atomic E-state index is -0.576. The molecular formula is C16H19N3O3. The Kier molecular flexibility index (Phi) is 4.48. The van der Waals surface area contributed by atoms with Gasteiger partial charge < -0.3 is 14.8 Å². The minimum Gasteiger partial charge on any atom is -0.467 e. The molecule has 0 saturated heterocycles. The van der Waals surface area contributed by atoms with Crippen molar-refractivity contribution in [1.29, 1.82) is 0 Å². The summed E-state index contributed by atoms with van der Waals surface area (Å²) in [6, 6.07) is 4.44. The lowest BCUT2D eigenvalue weighted by Crippen LogP contribution is -2.31. The van der Waals surface area contributed by atoms with E-state index < -0.39 is 6.04 Å². The average molecular weight is 301 g/mol. The first-order valence-corrected chi connectivity index (χ1v) is 7.56. The Morgan fingerprint density at radius 2 is 2.23 bits per heavy atom. The van der Waals surface area contributed by atoms with Crippen molar-refractivity contribution in [1.82, 2.24) is 15.3 Å². The Balaban J connectivity index is 1.73. The van der Waals surface area contributed by atoms with Gasteiger partial charge in [0.1, 0.15) is 23.3 Å². The molecule has 1 fully saturated rings. The van der Waals surface area contributed by atoms with E-state index in [1.807, 2.05) is 0 Å². The van der Waals surface area contributed by atoms with Gasteiger partial charge >= 0.3 is 0 Å². The Morgan fingerprint density at radius 3 is 2.91 bits per heavy atom. The fraction of sp³-hybridized carbons (Fsp3) is 0.438. The molecule has 1 aliphatic rings. The summed E-state index contributed by atoms with van der Waals surface area (Å²) in [4.78, 5) is 21.0. The molecule has 1 saturated carbocycles. The number of aliphatic hydroxyl groups is 1. The van der Waals surface area contributed by atoms with Crippen LogP contribution in [0.3, 0.4) is 0 Å². The zero-order valence-corrected chi connectivity index (χ0v) is 12.2. The van der Waals surface area contributed by atoms with E-state index in [2.05, 4.69) is 15.3 Å². The lowest BCUT2D eigenvalue weighted by molar-refractivity contribution is 0.0901. The number of aromatic nitrogens is 2. The predicted octanol–water partition coefficient (Wildman–Crippen LogP) is 2.19. The van der Waals surface area contributed by atoms with Crippen LogP contribution in [0.1, 0.15) is 59.7 Å². The van der Waals surface area contributed by atoms with E-state index in [0.29, 0.717) is 17.4 Å². The van der Waals surface area contributed by atoms with Crippen LogP contribution in [0.15, 0.2) is 35.1 Å². The third kappa shape index (κ3) is 3.17. The fourth-order valence-corrected chi connectivity index (χ4v) is 2.81. The number of hydrogen-bond acceptors (Lipinski definition) is 5. The second-order valence-electron chi connectivity index (χ2n) is 5.51. The van der Waals surface area contributed by atoms with Gasteiger partial charge in [0, 0.05) is 12.1 Å². The number of carbonyl (C=O) groups excluding carboxylic acids is 1. The van der Waals surface area contributed by atoms with E-state index in [-0.39, 0.29) is 12.5 Å². The van der Waals surface area contributed by atoms with Crippen LogP contribution in [0, 0.1) is 0 Å². The van der Waals surface area contributed by atoms with Crippen molar-refractivity contribution >= 4 is 5.91 Å². The summed E-state index contributed by atoms with van der Waals surface area (Å²) in [6.45, 7) is -0.236. The summed E-state index contributed by atoms with van der Waals surface area (Å²) in [5, 5.41) is 12.1. The number of hydrogen-bond donors (Lipinski definition) is 2. The van der Waals surface area contributed by atoms with Gasteiger partial charge in [0.05, 0.1) is 12.9 Å². The van der Waals surface area contributed by atoms with Crippen LogP contribution in [-0.2, 0) is 0 Å². The first-order valence-electron chi connectivity index (χ1n) is 7.56. The van der Waals surface area contributed by atoms with Crippen molar-refractivity contribution in [2.45, 2.75) is 37.6 Å². The van der Waals surface area contributed by atoms with Gasteiger partial charge in [-0.05, 0) is 31.0 Å². The molecule has 1 amide bonds. The summed E-state index contributed by atoms with van der Waals surface area (Å²) in [5.74, 6) is 1.27. The topological polar surface area (TPSA) is 88.2 Å². The summed E-state index contributed by atoms with van der Waals surface area (Å²) in [5.41, 5.74) is 0.321. The third-order valence-electron chi connectivity index (χ3n) is 4.00. The van der Waals surface area contributed by atoms with E-state index >= 15 is 0 Å². The molecule has 2 aromatic heterocycles. The molecule has 6 heteroatoms. The maximum atomic E-state index is 12.3. The number of nitrogens with zero attached hydrogens (tertiary/aromatic N) is 2. The van der Waals surface area contributed by atoms with Gasteiger partial charge in [-0.3, -0.25) is 4.79 Å². The number of rotatable bonds is 5. The van der Waals surface area contributed by atoms with E-state index in [1.54, 1.807) is 24.4 Å². The first kappa shape index (κ1) is 14.7. The van der Waals surface area contributed by atoms with Gasteiger partial charge in [0.25, 0.3) is 5.91 Å². The zero-order valence-electron chi connectivity index (χ0n) is 12.2. The van der Waals surface area contributed by atoms with Crippen molar-refractivity contribution in [2.24, 2.45) is 0 Å². The monoisotopic (exact) mass is 301 g/mol. The number of furan rings is 1. The van der Waals surface area contributed by atoms with Crippen molar-refractivity contribution in [3.05, 3.63) is 47.9 Å². The van der Waals surface area contributed by atoms with Crippen LogP contribution in [0.5, 0.6) is 0 Å². The summed E-state index contributed by atoms with van der Waals surface area (Å²) in [6.07, 6.45) is 7.67. The highest BCUT2D eigenvalue weighted by atomic mass is 16.3.